The number of methoxy groups -OCH3 is 1. The van der Waals surface area contributed by atoms with E-state index in [0.29, 0.717) is 6.04 Å². The topological polar surface area (TPSA) is 36.9 Å². The predicted molar refractivity (Wildman–Crippen MR) is 94.0 cm³/mol. The molecule has 0 radical (unpaired) electrons. The highest BCUT2D eigenvalue weighted by Gasteiger charge is 2.20. The highest BCUT2D eigenvalue weighted by Crippen LogP contribution is 2.20. The average Bonchev–Trinajstić information content (AvgIpc) is 2.38. The van der Waals surface area contributed by atoms with Crippen molar-refractivity contribution in [3.8, 4) is 5.75 Å². The van der Waals surface area contributed by atoms with Crippen molar-refractivity contribution in [1.29, 1.82) is 0 Å². The summed E-state index contributed by atoms with van der Waals surface area (Å²) < 4.78 is 5.39. The third-order valence-corrected chi connectivity index (χ3v) is 3.61. The number of nitrogens with one attached hydrogen (secondary N) is 1. The number of rotatable bonds is 4. The molecule has 1 aliphatic carbocycles. The Balaban J connectivity index is 0.00000200. The molecular formula is C15H24IN3O. The summed E-state index contributed by atoms with van der Waals surface area (Å²) in [7, 11) is 5.60. The van der Waals surface area contributed by atoms with Crippen molar-refractivity contribution in [2.75, 3.05) is 21.2 Å². The highest BCUT2D eigenvalue weighted by atomic mass is 127. The summed E-state index contributed by atoms with van der Waals surface area (Å²) >= 11 is 0. The van der Waals surface area contributed by atoms with Crippen molar-refractivity contribution in [2.24, 2.45) is 4.99 Å². The molecule has 1 N–H and O–H groups in total. The molecule has 20 heavy (non-hydrogen) atoms. The zero-order chi connectivity index (χ0) is 13.7. The van der Waals surface area contributed by atoms with Crippen LogP contribution in [0.15, 0.2) is 29.3 Å². The van der Waals surface area contributed by atoms with Crippen LogP contribution < -0.4 is 10.1 Å². The number of para-hydroxylation sites is 1. The summed E-state index contributed by atoms with van der Waals surface area (Å²) in [6.45, 7) is 0.788. The van der Waals surface area contributed by atoms with Gasteiger partial charge in [-0.05, 0) is 25.3 Å². The van der Waals surface area contributed by atoms with Gasteiger partial charge in [-0.25, -0.2) is 0 Å². The number of guanidine groups is 1. The van der Waals surface area contributed by atoms with Gasteiger partial charge in [0, 0.05) is 32.2 Å². The molecule has 112 valence electrons. The van der Waals surface area contributed by atoms with Gasteiger partial charge >= 0.3 is 0 Å². The summed E-state index contributed by atoms with van der Waals surface area (Å²) in [4.78, 5) is 6.49. The molecule has 0 unspecified atom stereocenters. The molecule has 1 aromatic carbocycles. The summed E-state index contributed by atoms with van der Waals surface area (Å²) in [6, 6.07) is 8.70. The first-order valence-electron chi connectivity index (χ1n) is 6.81. The summed E-state index contributed by atoms with van der Waals surface area (Å²) in [5.41, 5.74) is 1.17. The second kappa shape index (κ2) is 8.34. The molecular weight excluding hydrogens is 365 g/mol. The molecule has 0 saturated heterocycles. The standard InChI is InChI=1S/C15H23N3O.HI/c1-16-15(17-13-8-6-9-13)18(2)11-12-7-4-5-10-14(12)19-3;/h4-5,7,10,13H,6,8-9,11H2,1-3H3,(H,16,17);1H. The third-order valence-electron chi connectivity index (χ3n) is 3.61. The van der Waals surface area contributed by atoms with Gasteiger partial charge in [0.1, 0.15) is 5.75 Å². The Morgan fingerprint density at radius 3 is 2.65 bits per heavy atom. The molecule has 1 fully saturated rings. The van der Waals surface area contributed by atoms with E-state index in [4.69, 9.17) is 4.74 Å². The van der Waals surface area contributed by atoms with E-state index in [0.717, 1.165) is 18.3 Å². The fraction of sp³-hybridized carbons (Fsp3) is 0.533. The van der Waals surface area contributed by atoms with E-state index in [1.165, 1.54) is 24.8 Å². The van der Waals surface area contributed by atoms with Gasteiger partial charge in [-0.1, -0.05) is 18.2 Å². The minimum atomic E-state index is 0. The van der Waals surface area contributed by atoms with E-state index in [9.17, 15) is 0 Å². The van der Waals surface area contributed by atoms with Gasteiger partial charge in [-0.15, -0.1) is 24.0 Å². The van der Waals surface area contributed by atoms with Crippen molar-refractivity contribution in [1.82, 2.24) is 10.2 Å². The Labute approximate surface area is 138 Å². The molecule has 1 saturated carbocycles. The lowest BCUT2D eigenvalue weighted by molar-refractivity contribution is 0.356. The van der Waals surface area contributed by atoms with E-state index in [-0.39, 0.29) is 24.0 Å². The van der Waals surface area contributed by atoms with Crippen LogP contribution in [-0.4, -0.2) is 38.1 Å². The quantitative estimate of drug-likeness (QED) is 0.489. The van der Waals surface area contributed by atoms with Gasteiger partial charge in [0.15, 0.2) is 5.96 Å². The van der Waals surface area contributed by atoms with E-state index in [1.807, 2.05) is 25.2 Å². The van der Waals surface area contributed by atoms with Gasteiger partial charge in [0.05, 0.1) is 7.11 Å². The molecule has 0 atom stereocenters. The summed E-state index contributed by atoms with van der Waals surface area (Å²) in [5.74, 6) is 1.88. The highest BCUT2D eigenvalue weighted by molar-refractivity contribution is 14.0. The van der Waals surface area contributed by atoms with Crippen LogP contribution in [0.5, 0.6) is 5.75 Å². The Morgan fingerprint density at radius 2 is 2.10 bits per heavy atom. The number of ether oxygens (including phenoxy) is 1. The monoisotopic (exact) mass is 389 g/mol. The van der Waals surface area contributed by atoms with Crippen LogP contribution in [0.25, 0.3) is 0 Å². The van der Waals surface area contributed by atoms with Gasteiger partial charge in [-0.3, -0.25) is 4.99 Å². The normalized spacial score (nSPS) is 15.1. The molecule has 0 aliphatic heterocycles. The van der Waals surface area contributed by atoms with E-state index >= 15 is 0 Å². The van der Waals surface area contributed by atoms with Crippen molar-refractivity contribution < 1.29 is 4.74 Å². The Morgan fingerprint density at radius 1 is 1.40 bits per heavy atom. The molecule has 4 nitrogen and oxygen atoms in total. The zero-order valence-electron chi connectivity index (χ0n) is 12.4. The number of benzene rings is 1. The lowest BCUT2D eigenvalue weighted by atomic mass is 9.93. The van der Waals surface area contributed by atoms with Crippen molar-refractivity contribution >= 4 is 29.9 Å². The second-order valence-electron chi connectivity index (χ2n) is 4.99. The predicted octanol–water partition coefficient (Wildman–Crippen LogP) is 2.87. The molecule has 0 spiro atoms. The molecule has 5 heteroatoms. The maximum atomic E-state index is 5.39. The van der Waals surface area contributed by atoms with Crippen LogP contribution in [0.2, 0.25) is 0 Å². The first kappa shape index (κ1) is 17.1. The van der Waals surface area contributed by atoms with E-state index < -0.39 is 0 Å². The Bertz CT molecular complexity index is 446. The van der Waals surface area contributed by atoms with Crippen molar-refractivity contribution in [2.45, 2.75) is 31.8 Å². The minimum Gasteiger partial charge on any atom is -0.496 e. The van der Waals surface area contributed by atoms with Gasteiger partial charge in [0.25, 0.3) is 0 Å². The molecule has 1 aromatic rings. The van der Waals surface area contributed by atoms with Crippen LogP contribution >= 0.6 is 24.0 Å². The Hall–Kier alpha value is -0.980. The summed E-state index contributed by atoms with van der Waals surface area (Å²) in [5, 5.41) is 3.50. The molecule has 0 heterocycles. The number of halogens is 1. The van der Waals surface area contributed by atoms with Crippen LogP contribution in [0.4, 0.5) is 0 Å². The number of hydrogen-bond donors (Lipinski definition) is 1. The SMILES string of the molecule is CN=C(NC1CCC1)N(C)Cc1ccccc1OC.I. The molecule has 0 bridgehead atoms. The summed E-state index contributed by atoms with van der Waals surface area (Å²) in [6.07, 6.45) is 3.83. The number of hydrogen-bond acceptors (Lipinski definition) is 2. The molecule has 2 rings (SSSR count). The number of aliphatic imine (C=N–C) groups is 1. The first-order valence-corrected chi connectivity index (χ1v) is 6.81. The Kier molecular flexibility index (Phi) is 7.12. The zero-order valence-corrected chi connectivity index (χ0v) is 14.8. The van der Waals surface area contributed by atoms with Gasteiger partial charge < -0.3 is 15.0 Å². The fourth-order valence-corrected chi connectivity index (χ4v) is 2.24. The largest absolute Gasteiger partial charge is 0.496 e. The van der Waals surface area contributed by atoms with Crippen molar-refractivity contribution in [3.05, 3.63) is 29.8 Å². The van der Waals surface area contributed by atoms with Crippen LogP contribution in [-0.2, 0) is 6.54 Å². The van der Waals surface area contributed by atoms with Crippen LogP contribution in [0.3, 0.4) is 0 Å². The van der Waals surface area contributed by atoms with Gasteiger partial charge in [0.2, 0.25) is 0 Å². The smallest absolute Gasteiger partial charge is 0.193 e. The molecule has 0 aromatic heterocycles. The molecule has 0 amide bonds. The third kappa shape index (κ3) is 4.26. The number of nitrogens with zero attached hydrogens (tertiary/aromatic N) is 2. The minimum absolute atomic E-state index is 0. The second-order valence-corrected chi connectivity index (χ2v) is 4.99. The van der Waals surface area contributed by atoms with E-state index in [1.54, 1.807) is 7.11 Å². The maximum Gasteiger partial charge on any atom is 0.193 e. The molecule has 1 aliphatic rings. The van der Waals surface area contributed by atoms with Crippen LogP contribution in [0, 0.1) is 0 Å². The lowest BCUT2D eigenvalue weighted by Gasteiger charge is -2.31. The van der Waals surface area contributed by atoms with E-state index in [2.05, 4.69) is 28.3 Å². The maximum absolute atomic E-state index is 5.39. The van der Waals surface area contributed by atoms with Gasteiger partial charge in [-0.2, -0.15) is 0 Å². The lowest BCUT2D eigenvalue weighted by Crippen LogP contribution is -2.46. The van der Waals surface area contributed by atoms with Crippen LogP contribution in [0.1, 0.15) is 24.8 Å². The van der Waals surface area contributed by atoms with Crippen molar-refractivity contribution in [3.63, 3.8) is 0 Å². The fourth-order valence-electron chi connectivity index (χ4n) is 2.24. The average molecular weight is 389 g/mol. The first-order chi connectivity index (χ1) is 9.24.